The average Bonchev–Trinajstić information content (AvgIpc) is 2.51. The zero-order chi connectivity index (χ0) is 17.9. The zero-order valence-corrected chi connectivity index (χ0v) is 14.3. The lowest BCUT2D eigenvalue weighted by molar-refractivity contribution is -0.146. The number of carboxylic acids is 1. The minimum atomic E-state index is -0.876. The van der Waals surface area contributed by atoms with E-state index in [1.54, 1.807) is 17.0 Å². The van der Waals surface area contributed by atoms with Crippen LogP contribution in [0.15, 0.2) is 18.2 Å². The molecule has 0 spiro atoms. The van der Waals surface area contributed by atoms with Gasteiger partial charge in [-0.3, -0.25) is 14.4 Å². The lowest BCUT2D eigenvalue weighted by Crippen LogP contribution is -2.50. The molecule has 24 heavy (non-hydrogen) atoms. The average molecular weight is 332 g/mol. The van der Waals surface area contributed by atoms with Crippen LogP contribution in [0.25, 0.3) is 0 Å². The summed E-state index contributed by atoms with van der Waals surface area (Å²) in [5.41, 5.74) is 2.50. The molecule has 0 aromatic heterocycles. The van der Waals surface area contributed by atoms with Crippen LogP contribution in [0.4, 0.5) is 0 Å². The molecule has 1 aliphatic rings. The smallest absolute Gasteiger partial charge is 0.308 e. The molecule has 2 unspecified atom stereocenters. The fourth-order valence-electron chi connectivity index (χ4n) is 3.12. The highest BCUT2D eigenvalue weighted by atomic mass is 16.4. The number of carbonyl (C=O) groups excluding carboxylic acids is 2. The molecule has 0 radical (unpaired) electrons. The van der Waals surface area contributed by atoms with E-state index < -0.39 is 11.9 Å². The van der Waals surface area contributed by atoms with E-state index in [1.165, 1.54) is 0 Å². The Morgan fingerprint density at radius 1 is 1.17 bits per heavy atom. The molecule has 1 aromatic carbocycles. The first kappa shape index (κ1) is 18.0. The Morgan fingerprint density at radius 3 is 2.38 bits per heavy atom. The molecule has 1 heterocycles. The van der Waals surface area contributed by atoms with Crippen molar-refractivity contribution in [2.75, 3.05) is 13.1 Å². The maximum atomic E-state index is 12.4. The number of benzene rings is 1. The molecule has 1 aliphatic heterocycles. The standard InChI is InChI=1S/C18H24N2O4/c1-11-6-12(2)8-15(7-11)17(22)19-9-16(21)20-10-14(18(23)24)5-4-13(20)3/h6-8,13-14H,4-5,9-10H2,1-3H3,(H,19,22)(H,23,24). The minimum absolute atomic E-state index is 0.00813. The molecular formula is C18H24N2O4. The number of aliphatic carboxylic acids is 1. The zero-order valence-electron chi connectivity index (χ0n) is 14.3. The van der Waals surface area contributed by atoms with Crippen LogP contribution in [0.5, 0.6) is 0 Å². The molecule has 2 amide bonds. The number of nitrogens with zero attached hydrogens (tertiary/aromatic N) is 1. The van der Waals surface area contributed by atoms with Gasteiger partial charge in [0.25, 0.3) is 5.91 Å². The summed E-state index contributed by atoms with van der Waals surface area (Å²) < 4.78 is 0. The van der Waals surface area contributed by atoms with Gasteiger partial charge in [-0.1, -0.05) is 17.2 Å². The van der Waals surface area contributed by atoms with E-state index in [4.69, 9.17) is 5.11 Å². The molecule has 2 N–H and O–H groups in total. The second kappa shape index (κ2) is 7.47. The number of rotatable bonds is 4. The molecule has 2 atom stereocenters. The lowest BCUT2D eigenvalue weighted by atomic mass is 9.93. The summed E-state index contributed by atoms with van der Waals surface area (Å²) in [7, 11) is 0. The third kappa shape index (κ3) is 4.34. The van der Waals surface area contributed by atoms with Crippen LogP contribution in [-0.4, -0.2) is 46.9 Å². The molecule has 6 nitrogen and oxygen atoms in total. The van der Waals surface area contributed by atoms with E-state index >= 15 is 0 Å². The van der Waals surface area contributed by atoms with Crippen LogP contribution in [0.1, 0.15) is 41.3 Å². The van der Waals surface area contributed by atoms with E-state index in [0.717, 1.165) is 11.1 Å². The van der Waals surface area contributed by atoms with Crippen molar-refractivity contribution in [2.24, 2.45) is 5.92 Å². The molecule has 130 valence electrons. The molecular weight excluding hydrogens is 308 g/mol. The van der Waals surface area contributed by atoms with E-state index in [9.17, 15) is 14.4 Å². The van der Waals surface area contributed by atoms with Crippen molar-refractivity contribution in [1.29, 1.82) is 0 Å². The van der Waals surface area contributed by atoms with E-state index in [-0.39, 0.29) is 30.9 Å². The van der Waals surface area contributed by atoms with Crippen LogP contribution in [0.2, 0.25) is 0 Å². The molecule has 0 saturated carbocycles. The van der Waals surface area contributed by atoms with Gasteiger partial charge in [-0.15, -0.1) is 0 Å². The van der Waals surface area contributed by atoms with Gasteiger partial charge in [-0.2, -0.15) is 0 Å². The summed E-state index contributed by atoms with van der Waals surface area (Å²) in [4.78, 5) is 37.3. The van der Waals surface area contributed by atoms with Gasteiger partial charge < -0.3 is 15.3 Å². The molecule has 0 aliphatic carbocycles. The van der Waals surface area contributed by atoms with Crippen LogP contribution >= 0.6 is 0 Å². The quantitative estimate of drug-likeness (QED) is 0.879. The summed E-state index contributed by atoms with van der Waals surface area (Å²) in [6.45, 7) is 5.81. The van der Waals surface area contributed by atoms with Gasteiger partial charge in [-0.25, -0.2) is 0 Å². The van der Waals surface area contributed by atoms with Crippen molar-refractivity contribution >= 4 is 17.8 Å². The number of likely N-dealkylation sites (tertiary alicyclic amines) is 1. The number of aryl methyl sites for hydroxylation is 2. The summed E-state index contributed by atoms with van der Waals surface area (Å²) in [6.07, 6.45) is 1.24. The maximum absolute atomic E-state index is 12.4. The van der Waals surface area contributed by atoms with Crippen molar-refractivity contribution in [1.82, 2.24) is 10.2 Å². The number of amides is 2. The second-order valence-electron chi connectivity index (χ2n) is 6.57. The Balaban J connectivity index is 1.96. The number of hydrogen-bond acceptors (Lipinski definition) is 3. The van der Waals surface area contributed by atoms with Gasteiger partial charge >= 0.3 is 5.97 Å². The predicted octanol–water partition coefficient (Wildman–Crippen LogP) is 1.74. The van der Waals surface area contributed by atoms with Gasteiger partial charge in [-0.05, 0) is 45.7 Å². The normalized spacial score (nSPS) is 20.5. The Bertz CT molecular complexity index is 636. The van der Waals surface area contributed by atoms with Gasteiger partial charge in [0, 0.05) is 18.2 Å². The van der Waals surface area contributed by atoms with Crippen molar-refractivity contribution in [2.45, 2.75) is 39.7 Å². The first-order valence-electron chi connectivity index (χ1n) is 8.16. The van der Waals surface area contributed by atoms with Crippen molar-refractivity contribution in [3.63, 3.8) is 0 Å². The highest BCUT2D eigenvalue weighted by Gasteiger charge is 2.32. The fourth-order valence-corrected chi connectivity index (χ4v) is 3.12. The lowest BCUT2D eigenvalue weighted by Gasteiger charge is -2.36. The molecule has 1 aromatic rings. The van der Waals surface area contributed by atoms with Crippen molar-refractivity contribution < 1.29 is 19.5 Å². The highest BCUT2D eigenvalue weighted by Crippen LogP contribution is 2.22. The molecule has 2 rings (SSSR count). The van der Waals surface area contributed by atoms with Crippen LogP contribution < -0.4 is 5.32 Å². The Kier molecular flexibility index (Phi) is 5.59. The first-order valence-corrected chi connectivity index (χ1v) is 8.16. The Hall–Kier alpha value is -2.37. The van der Waals surface area contributed by atoms with Gasteiger partial charge in [0.05, 0.1) is 12.5 Å². The van der Waals surface area contributed by atoms with Gasteiger partial charge in [0.2, 0.25) is 5.91 Å². The van der Waals surface area contributed by atoms with Gasteiger partial charge in [0.15, 0.2) is 0 Å². The fraction of sp³-hybridized carbons (Fsp3) is 0.500. The number of carboxylic acid groups (broad SMARTS) is 1. The van der Waals surface area contributed by atoms with E-state index in [0.29, 0.717) is 18.4 Å². The summed E-state index contributed by atoms with van der Waals surface area (Å²) in [5, 5.41) is 11.8. The molecule has 0 bridgehead atoms. The third-order valence-electron chi connectivity index (χ3n) is 4.44. The largest absolute Gasteiger partial charge is 0.481 e. The predicted molar refractivity (Wildman–Crippen MR) is 89.8 cm³/mol. The van der Waals surface area contributed by atoms with Crippen molar-refractivity contribution in [3.8, 4) is 0 Å². The van der Waals surface area contributed by atoms with Crippen LogP contribution in [0, 0.1) is 19.8 Å². The summed E-state index contributed by atoms with van der Waals surface area (Å²) in [5.74, 6) is -1.94. The second-order valence-corrected chi connectivity index (χ2v) is 6.57. The summed E-state index contributed by atoms with van der Waals surface area (Å²) in [6, 6.07) is 5.52. The Labute approximate surface area is 141 Å². The summed E-state index contributed by atoms with van der Waals surface area (Å²) >= 11 is 0. The molecule has 6 heteroatoms. The highest BCUT2D eigenvalue weighted by molar-refractivity contribution is 5.96. The SMILES string of the molecule is Cc1cc(C)cc(C(=O)NCC(=O)N2CC(C(=O)O)CCC2C)c1. The number of piperidine rings is 1. The van der Waals surface area contributed by atoms with E-state index in [2.05, 4.69) is 5.32 Å². The number of hydrogen-bond donors (Lipinski definition) is 2. The Morgan fingerprint density at radius 2 is 1.79 bits per heavy atom. The number of nitrogens with one attached hydrogen (secondary N) is 1. The molecule has 1 saturated heterocycles. The van der Waals surface area contributed by atoms with Crippen LogP contribution in [0.3, 0.4) is 0 Å². The van der Waals surface area contributed by atoms with E-state index in [1.807, 2.05) is 26.8 Å². The van der Waals surface area contributed by atoms with Gasteiger partial charge in [0.1, 0.15) is 0 Å². The maximum Gasteiger partial charge on any atom is 0.308 e. The first-order chi connectivity index (χ1) is 11.3. The van der Waals surface area contributed by atoms with Crippen LogP contribution in [-0.2, 0) is 9.59 Å². The van der Waals surface area contributed by atoms with Crippen molar-refractivity contribution in [3.05, 3.63) is 34.9 Å². The monoisotopic (exact) mass is 332 g/mol. The topological polar surface area (TPSA) is 86.7 Å². The third-order valence-corrected chi connectivity index (χ3v) is 4.44. The minimum Gasteiger partial charge on any atom is -0.481 e. The number of carbonyl (C=O) groups is 3. The molecule has 1 fully saturated rings.